The zero-order valence-corrected chi connectivity index (χ0v) is 11.1. The molecule has 19 heavy (non-hydrogen) atoms. The van der Waals surface area contributed by atoms with Gasteiger partial charge in [0, 0.05) is 18.9 Å². The molecule has 1 amide bonds. The monoisotopic (exact) mass is 258 g/mol. The normalized spacial score (nSPS) is 11.5. The molecule has 0 bridgehead atoms. The zero-order valence-electron chi connectivity index (χ0n) is 11.1. The van der Waals surface area contributed by atoms with Gasteiger partial charge in [-0.15, -0.1) is 0 Å². The van der Waals surface area contributed by atoms with Crippen molar-refractivity contribution in [3.8, 4) is 5.69 Å². The number of benzene rings is 1. The average Bonchev–Trinajstić information content (AvgIpc) is 2.91. The minimum Gasteiger partial charge on any atom is -0.368 e. The molecular weight excluding hydrogens is 240 g/mol. The summed E-state index contributed by atoms with van der Waals surface area (Å²) in [6.45, 7) is 4.14. The van der Waals surface area contributed by atoms with Crippen LogP contribution in [0.2, 0.25) is 0 Å². The van der Waals surface area contributed by atoms with E-state index < -0.39 is 5.54 Å². The maximum Gasteiger partial charge on any atom is 0.237 e. The molecule has 0 saturated carbocycles. The molecule has 0 atom stereocenters. The number of hydrogen-bond donors (Lipinski definition) is 2. The summed E-state index contributed by atoms with van der Waals surface area (Å²) in [7, 11) is 0. The van der Waals surface area contributed by atoms with Crippen LogP contribution in [0.3, 0.4) is 0 Å². The van der Waals surface area contributed by atoms with Crippen molar-refractivity contribution in [3.05, 3.63) is 48.3 Å². The van der Waals surface area contributed by atoms with Crippen LogP contribution in [0.1, 0.15) is 19.4 Å². The Morgan fingerprint density at radius 1 is 1.37 bits per heavy atom. The lowest BCUT2D eigenvalue weighted by molar-refractivity contribution is -0.123. The van der Waals surface area contributed by atoms with E-state index in [0.29, 0.717) is 6.54 Å². The lowest BCUT2D eigenvalue weighted by Crippen LogP contribution is -2.50. The van der Waals surface area contributed by atoms with Crippen LogP contribution < -0.4 is 11.1 Å². The topological polar surface area (TPSA) is 72.9 Å². The first-order valence-corrected chi connectivity index (χ1v) is 6.13. The molecule has 0 saturated heterocycles. The number of nitrogens with one attached hydrogen (secondary N) is 1. The fourth-order valence-electron chi connectivity index (χ4n) is 1.60. The van der Waals surface area contributed by atoms with E-state index in [4.69, 9.17) is 5.73 Å². The van der Waals surface area contributed by atoms with E-state index in [0.717, 1.165) is 11.3 Å². The summed E-state index contributed by atoms with van der Waals surface area (Å²) < 4.78 is 1.80. The number of carbonyl (C=O) groups is 1. The van der Waals surface area contributed by atoms with Crippen LogP contribution in [0, 0.1) is 0 Å². The maximum absolute atomic E-state index is 11.2. The number of carbonyl (C=O) groups excluding carboxylic acids is 1. The third-order valence-electron chi connectivity index (χ3n) is 3.06. The Hall–Kier alpha value is -2.14. The van der Waals surface area contributed by atoms with Gasteiger partial charge in [-0.05, 0) is 37.6 Å². The lowest BCUT2D eigenvalue weighted by atomic mass is 10.0. The highest BCUT2D eigenvalue weighted by Crippen LogP contribution is 2.10. The number of primary amides is 1. The Bertz CT molecular complexity index is 543. The Balaban J connectivity index is 2.02. The molecule has 0 unspecified atom stereocenters. The SMILES string of the molecule is CC(C)(NCc1ccc(-n2cccn2)cc1)C(N)=O. The third kappa shape index (κ3) is 3.20. The fourth-order valence-corrected chi connectivity index (χ4v) is 1.60. The smallest absolute Gasteiger partial charge is 0.237 e. The molecule has 0 aliphatic heterocycles. The van der Waals surface area contributed by atoms with Crippen molar-refractivity contribution in [2.24, 2.45) is 5.73 Å². The molecule has 5 nitrogen and oxygen atoms in total. The van der Waals surface area contributed by atoms with Crippen LogP contribution >= 0.6 is 0 Å². The molecule has 5 heteroatoms. The van der Waals surface area contributed by atoms with Gasteiger partial charge in [-0.1, -0.05) is 12.1 Å². The van der Waals surface area contributed by atoms with Crippen LogP contribution in [0.25, 0.3) is 5.69 Å². The second-order valence-electron chi connectivity index (χ2n) is 4.96. The number of aromatic nitrogens is 2. The molecule has 0 aliphatic carbocycles. The molecule has 0 fully saturated rings. The predicted octanol–water partition coefficient (Wildman–Crippen LogP) is 1.23. The summed E-state index contributed by atoms with van der Waals surface area (Å²) in [6, 6.07) is 9.86. The third-order valence-corrected chi connectivity index (χ3v) is 3.06. The molecule has 2 aromatic rings. The van der Waals surface area contributed by atoms with Crippen LogP contribution in [0.5, 0.6) is 0 Å². The van der Waals surface area contributed by atoms with E-state index in [2.05, 4.69) is 10.4 Å². The number of rotatable bonds is 5. The summed E-state index contributed by atoms with van der Waals surface area (Å²) >= 11 is 0. The molecule has 3 N–H and O–H groups in total. The largest absolute Gasteiger partial charge is 0.368 e. The van der Waals surface area contributed by atoms with Crippen molar-refractivity contribution in [2.75, 3.05) is 0 Å². The molecule has 0 radical (unpaired) electrons. The minimum atomic E-state index is -0.708. The quantitative estimate of drug-likeness (QED) is 0.847. The lowest BCUT2D eigenvalue weighted by Gasteiger charge is -2.22. The Morgan fingerprint density at radius 3 is 2.58 bits per heavy atom. The number of amides is 1. The van der Waals surface area contributed by atoms with Gasteiger partial charge in [0.1, 0.15) is 0 Å². The Morgan fingerprint density at radius 2 is 2.05 bits per heavy atom. The van der Waals surface area contributed by atoms with E-state index in [1.807, 2.05) is 36.5 Å². The Labute approximate surface area is 112 Å². The first kappa shape index (κ1) is 13.3. The summed E-state index contributed by atoms with van der Waals surface area (Å²) in [4.78, 5) is 11.2. The molecule has 0 aliphatic rings. The maximum atomic E-state index is 11.2. The van der Waals surface area contributed by atoms with Gasteiger partial charge in [0.2, 0.25) is 5.91 Å². The number of hydrogen-bond acceptors (Lipinski definition) is 3. The van der Waals surface area contributed by atoms with E-state index in [1.54, 1.807) is 24.7 Å². The highest BCUT2D eigenvalue weighted by molar-refractivity contribution is 5.83. The zero-order chi connectivity index (χ0) is 13.9. The second-order valence-corrected chi connectivity index (χ2v) is 4.96. The molecular formula is C14H18N4O. The van der Waals surface area contributed by atoms with Crippen molar-refractivity contribution >= 4 is 5.91 Å². The van der Waals surface area contributed by atoms with Crippen LogP contribution in [-0.4, -0.2) is 21.2 Å². The molecule has 2 rings (SSSR count). The van der Waals surface area contributed by atoms with Gasteiger partial charge in [0.15, 0.2) is 0 Å². The van der Waals surface area contributed by atoms with Crippen molar-refractivity contribution < 1.29 is 4.79 Å². The van der Waals surface area contributed by atoms with Gasteiger partial charge < -0.3 is 5.73 Å². The average molecular weight is 258 g/mol. The van der Waals surface area contributed by atoms with Gasteiger partial charge in [0.25, 0.3) is 0 Å². The first-order valence-electron chi connectivity index (χ1n) is 6.13. The molecule has 100 valence electrons. The van der Waals surface area contributed by atoms with Crippen molar-refractivity contribution in [3.63, 3.8) is 0 Å². The van der Waals surface area contributed by atoms with Gasteiger partial charge in [-0.3, -0.25) is 10.1 Å². The van der Waals surface area contributed by atoms with Crippen LogP contribution in [-0.2, 0) is 11.3 Å². The van der Waals surface area contributed by atoms with Crippen molar-refractivity contribution in [2.45, 2.75) is 25.9 Å². The summed E-state index contributed by atoms with van der Waals surface area (Å²) in [6.07, 6.45) is 3.63. The fraction of sp³-hybridized carbons (Fsp3) is 0.286. The van der Waals surface area contributed by atoms with E-state index in [1.165, 1.54) is 0 Å². The summed E-state index contributed by atoms with van der Waals surface area (Å²) in [5.74, 6) is -0.360. The van der Waals surface area contributed by atoms with Crippen molar-refractivity contribution in [1.29, 1.82) is 0 Å². The van der Waals surface area contributed by atoms with Crippen LogP contribution in [0.15, 0.2) is 42.7 Å². The van der Waals surface area contributed by atoms with E-state index in [9.17, 15) is 4.79 Å². The molecule has 1 aromatic heterocycles. The van der Waals surface area contributed by atoms with E-state index in [-0.39, 0.29) is 5.91 Å². The first-order chi connectivity index (χ1) is 8.99. The van der Waals surface area contributed by atoms with Gasteiger partial charge in [-0.2, -0.15) is 5.10 Å². The second kappa shape index (κ2) is 5.24. The highest BCUT2D eigenvalue weighted by atomic mass is 16.1. The molecule has 1 heterocycles. The predicted molar refractivity (Wildman–Crippen MR) is 73.7 cm³/mol. The summed E-state index contributed by atoms with van der Waals surface area (Å²) in [5.41, 5.74) is 6.69. The standard InChI is InChI=1S/C14H18N4O/c1-14(2,13(15)19)16-10-11-4-6-12(7-5-11)18-9-3-8-17-18/h3-9,16H,10H2,1-2H3,(H2,15,19). The van der Waals surface area contributed by atoms with Crippen molar-refractivity contribution in [1.82, 2.24) is 15.1 Å². The highest BCUT2D eigenvalue weighted by Gasteiger charge is 2.23. The van der Waals surface area contributed by atoms with Gasteiger partial charge in [-0.25, -0.2) is 4.68 Å². The van der Waals surface area contributed by atoms with Gasteiger partial charge in [0.05, 0.1) is 11.2 Å². The van der Waals surface area contributed by atoms with Gasteiger partial charge >= 0.3 is 0 Å². The number of nitrogens with zero attached hydrogens (tertiary/aromatic N) is 2. The minimum absolute atomic E-state index is 0.360. The summed E-state index contributed by atoms with van der Waals surface area (Å²) in [5, 5.41) is 7.30. The Kier molecular flexibility index (Phi) is 3.66. The molecule has 1 aromatic carbocycles. The number of nitrogens with two attached hydrogens (primary N) is 1. The van der Waals surface area contributed by atoms with Crippen LogP contribution in [0.4, 0.5) is 0 Å². The molecule has 0 spiro atoms. The van der Waals surface area contributed by atoms with E-state index >= 15 is 0 Å².